The van der Waals surface area contributed by atoms with Gasteiger partial charge in [-0.25, -0.2) is 0 Å². The van der Waals surface area contributed by atoms with Crippen LogP contribution in [0, 0.1) is 0 Å². The summed E-state index contributed by atoms with van der Waals surface area (Å²) in [5, 5.41) is 71.1. The quantitative estimate of drug-likeness (QED) is 0.144. The Morgan fingerprint density at radius 1 is 1.00 bits per heavy atom. The minimum atomic E-state index is -1.92. The first-order valence-corrected chi connectivity index (χ1v) is 11.4. The van der Waals surface area contributed by atoms with Gasteiger partial charge in [-0.1, -0.05) is 30.3 Å². The molecule has 35 heavy (non-hydrogen) atoms. The molecule has 7 N–H and O–H groups in total. The lowest BCUT2D eigenvalue weighted by Gasteiger charge is -2.44. The van der Waals surface area contributed by atoms with E-state index in [1.807, 2.05) is 0 Å². The Labute approximate surface area is 203 Å². The summed E-state index contributed by atoms with van der Waals surface area (Å²) in [5.41, 5.74) is 0.718. The van der Waals surface area contributed by atoms with Crippen LogP contribution >= 0.6 is 0 Å². The molecule has 1 aliphatic rings. The molecule has 200 valence electrons. The van der Waals surface area contributed by atoms with Crippen LogP contribution < -0.4 is 0 Å². The fourth-order valence-electron chi connectivity index (χ4n) is 3.61. The second kappa shape index (κ2) is 14.1. The summed E-state index contributed by atoms with van der Waals surface area (Å²) in [5.74, 6) is -0.833. The summed E-state index contributed by atoms with van der Waals surface area (Å²) in [7, 11) is 0. The van der Waals surface area contributed by atoms with E-state index in [1.54, 1.807) is 44.2 Å². The summed E-state index contributed by atoms with van der Waals surface area (Å²) in [4.78, 5) is 12.1. The van der Waals surface area contributed by atoms with E-state index in [-0.39, 0.29) is 6.61 Å². The summed E-state index contributed by atoms with van der Waals surface area (Å²) >= 11 is 0. The molecule has 9 atom stereocenters. The number of carbonyl (C=O) groups excluding carboxylic acids is 1. The largest absolute Gasteiger partial charge is 0.461 e. The molecule has 1 fully saturated rings. The number of aliphatic hydroxyl groups excluding tert-OH is 7. The molecular weight excluding hydrogens is 468 g/mol. The van der Waals surface area contributed by atoms with Crippen molar-refractivity contribution in [1.82, 2.24) is 0 Å². The number of hydrogen-bond donors (Lipinski definition) is 7. The molecule has 0 aromatic heterocycles. The van der Waals surface area contributed by atoms with Gasteiger partial charge in [0.25, 0.3) is 0 Å². The topological polar surface area (TPSA) is 196 Å². The van der Waals surface area contributed by atoms with Crippen LogP contribution in [-0.2, 0) is 30.3 Å². The number of carbonyl (C=O) groups is 1. The van der Waals surface area contributed by atoms with Crippen LogP contribution in [0.15, 0.2) is 30.3 Å². The van der Waals surface area contributed by atoms with Crippen LogP contribution in [0.5, 0.6) is 0 Å². The summed E-state index contributed by atoms with van der Waals surface area (Å²) in [6.45, 7) is 1.72. The van der Waals surface area contributed by atoms with Crippen molar-refractivity contribution < 1.29 is 59.5 Å². The molecule has 1 aliphatic heterocycles. The molecule has 1 saturated heterocycles. The third-order valence-corrected chi connectivity index (χ3v) is 5.46. The summed E-state index contributed by atoms with van der Waals surface area (Å²) in [6.07, 6.45) is -15.4. The van der Waals surface area contributed by atoms with Gasteiger partial charge in [0.1, 0.15) is 49.3 Å². The van der Waals surface area contributed by atoms with Crippen molar-refractivity contribution in [2.45, 2.75) is 88.1 Å². The fourth-order valence-corrected chi connectivity index (χ4v) is 3.61. The minimum absolute atomic E-state index is 0.0497. The Hall–Kier alpha value is -1.71. The molecule has 1 aromatic rings. The van der Waals surface area contributed by atoms with E-state index in [0.717, 1.165) is 5.56 Å². The van der Waals surface area contributed by atoms with Crippen LogP contribution in [0.1, 0.15) is 25.8 Å². The zero-order valence-corrected chi connectivity index (χ0v) is 19.7. The highest BCUT2D eigenvalue weighted by molar-refractivity contribution is 5.70. The lowest BCUT2D eigenvalue weighted by atomic mass is 9.97. The maximum Gasteiger partial charge on any atom is 0.308 e. The van der Waals surface area contributed by atoms with E-state index in [2.05, 4.69) is 0 Å². The Kier molecular flexibility index (Phi) is 11.9. The van der Waals surface area contributed by atoms with Crippen molar-refractivity contribution in [2.75, 3.05) is 13.2 Å². The standard InChI is InChI=1S/C23H36O12/c1-12(2)33-22-19(30)16(10-25)34-23(20(22)31)35-21(15(27)9-24)18(29)14(26)8-17(28)32-11-13-6-4-3-5-7-13/h3-7,12,14-16,18-27,29-31H,8-11H2,1-2H3/t14?,15?,16?,18?,19-,20?,21+,22?,23-/m0/s1. The van der Waals surface area contributed by atoms with Gasteiger partial charge in [0.05, 0.1) is 31.8 Å². The SMILES string of the molecule is CC(C)OC1C(O)[C@H](O[C@H](C(O)CO)C(O)C(O)CC(=O)OCc2ccccc2)OC(CO)[C@@H]1O. The van der Waals surface area contributed by atoms with E-state index in [0.29, 0.717) is 0 Å². The predicted octanol–water partition coefficient (Wildman–Crippen LogP) is -2.19. The first kappa shape index (κ1) is 29.5. The second-order valence-electron chi connectivity index (χ2n) is 8.62. The maximum atomic E-state index is 12.1. The first-order chi connectivity index (χ1) is 16.6. The van der Waals surface area contributed by atoms with E-state index in [1.165, 1.54) is 0 Å². The van der Waals surface area contributed by atoms with Crippen LogP contribution in [-0.4, -0.2) is 116 Å². The minimum Gasteiger partial charge on any atom is -0.461 e. The van der Waals surface area contributed by atoms with Gasteiger partial charge >= 0.3 is 5.97 Å². The van der Waals surface area contributed by atoms with Gasteiger partial charge < -0.3 is 54.7 Å². The van der Waals surface area contributed by atoms with Crippen molar-refractivity contribution in [1.29, 1.82) is 0 Å². The van der Waals surface area contributed by atoms with Crippen LogP contribution in [0.25, 0.3) is 0 Å². The predicted molar refractivity (Wildman–Crippen MR) is 119 cm³/mol. The van der Waals surface area contributed by atoms with Crippen molar-refractivity contribution in [3.8, 4) is 0 Å². The van der Waals surface area contributed by atoms with Gasteiger partial charge in [0, 0.05) is 0 Å². The average molecular weight is 505 g/mol. The number of rotatable bonds is 13. The van der Waals surface area contributed by atoms with E-state index < -0.39 is 86.8 Å². The molecular formula is C23H36O12. The molecule has 12 heteroatoms. The Morgan fingerprint density at radius 2 is 1.66 bits per heavy atom. The highest BCUT2D eigenvalue weighted by atomic mass is 16.7. The van der Waals surface area contributed by atoms with Crippen LogP contribution in [0.2, 0.25) is 0 Å². The fraction of sp³-hybridized carbons (Fsp3) is 0.696. The molecule has 0 bridgehead atoms. The van der Waals surface area contributed by atoms with Crippen molar-refractivity contribution in [3.05, 3.63) is 35.9 Å². The van der Waals surface area contributed by atoms with E-state index in [4.69, 9.17) is 18.9 Å². The number of hydrogen-bond acceptors (Lipinski definition) is 12. The smallest absolute Gasteiger partial charge is 0.308 e. The monoisotopic (exact) mass is 504 g/mol. The average Bonchev–Trinajstić information content (AvgIpc) is 2.84. The number of esters is 1. The van der Waals surface area contributed by atoms with Gasteiger partial charge in [0.15, 0.2) is 6.29 Å². The molecule has 0 radical (unpaired) electrons. The Bertz CT molecular complexity index is 747. The van der Waals surface area contributed by atoms with Crippen molar-refractivity contribution in [2.24, 2.45) is 0 Å². The van der Waals surface area contributed by atoms with E-state index >= 15 is 0 Å². The van der Waals surface area contributed by atoms with E-state index in [9.17, 15) is 40.5 Å². The highest BCUT2D eigenvalue weighted by Gasteiger charge is 2.48. The molecule has 6 unspecified atom stereocenters. The van der Waals surface area contributed by atoms with Gasteiger partial charge in [-0.05, 0) is 19.4 Å². The molecule has 0 amide bonds. The third kappa shape index (κ3) is 8.43. The lowest BCUT2D eigenvalue weighted by molar-refractivity contribution is -0.334. The normalized spacial score (nSPS) is 28.3. The zero-order valence-electron chi connectivity index (χ0n) is 19.7. The second-order valence-corrected chi connectivity index (χ2v) is 8.62. The zero-order chi connectivity index (χ0) is 26.1. The first-order valence-electron chi connectivity index (χ1n) is 11.4. The number of aliphatic hydroxyl groups is 7. The van der Waals surface area contributed by atoms with Crippen LogP contribution in [0.4, 0.5) is 0 Å². The van der Waals surface area contributed by atoms with Crippen LogP contribution in [0.3, 0.4) is 0 Å². The van der Waals surface area contributed by atoms with Crippen molar-refractivity contribution in [3.63, 3.8) is 0 Å². The van der Waals surface area contributed by atoms with Gasteiger partial charge in [0.2, 0.25) is 0 Å². The number of ether oxygens (including phenoxy) is 4. The highest BCUT2D eigenvalue weighted by Crippen LogP contribution is 2.27. The summed E-state index contributed by atoms with van der Waals surface area (Å²) < 4.78 is 21.5. The van der Waals surface area contributed by atoms with Gasteiger partial charge in [-0.2, -0.15) is 0 Å². The summed E-state index contributed by atoms with van der Waals surface area (Å²) in [6, 6.07) is 8.80. The molecule has 1 aromatic carbocycles. The van der Waals surface area contributed by atoms with Gasteiger partial charge in [-0.15, -0.1) is 0 Å². The molecule has 1 heterocycles. The molecule has 2 rings (SSSR count). The Morgan fingerprint density at radius 3 is 2.23 bits per heavy atom. The molecule has 0 spiro atoms. The number of benzene rings is 1. The maximum absolute atomic E-state index is 12.1. The molecule has 0 aliphatic carbocycles. The Balaban J connectivity index is 2.06. The lowest BCUT2D eigenvalue weighted by Crippen LogP contribution is -2.62. The molecule has 12 nitrogen and oxygen atoms in total. The third-order valence-electron chi connectivity index (χ3n) is 5.46. The van der Waals surface area contributed by atoms with Crippen molar-refractivity contribution >= 4 is 5.97 Å². The molecule has 0 saturated carbocycles. The van der Waals surface area contributed by atoms with Gasteiger partial charge in [-0.3, -0.25) is 4.79 Å².